The second-order valence-corrected chi connectivity index (χ2v) is 8.81. The van der Waals surface area contributed by atoms with E-state index in [0.29, 0.717) is 11.3 Å². The first kappa shape index (κ1) is 24.9. The summed E-state index contributed by atoms with van der Waals surface area (Å²) >= 11 is 1.39. The lowest BCUT2D eigenvalue weighted by Crippen LogP contribution is -2.52. The molecule has 2 aromatic carbocycles. The van der Waals surface area contributed by atoms with Crippen LogP contribution in [0, 0.1) is 0 Å². The second-order valence-electron chi connectivity index (χ2n) is 7.96. The van der Waals surface area contributed by atoms with Gasteiger partial charge in [-0.3, -0.25) is 14.3 Å². The van der Waals surface area contributed by atoms with Crippen LogP contribution in [0.15, 0.2) is 52.2 Å². The minimum atomic E-state index is -4.69. The van der Waals surface area contributed by atoms with Crippen LogP contribution in [0.25, 0.3) is 5.69 Å². The number of amides is 1. The van der Waals surface area contributed by atoms with Gasteiger partial charge in [0.25, 0.3) is 5.91 Å². The molecule has 35 heavy (non-hydrogen) atoms. The number of anilines is 2. The molecular formula is C23H24F3N5O3S. The first-order chi connectivity index (χ1) is 16.6. The molecule has 0 spiro atoms. The highest BCUT2D eigenvalue weighted by molar-refractivity contribution is 7.98. The molecule has 1 aliphatic rings. The van der Waals surface area contributed by atoms with Crippen molar-refractivity contribution in [2.75, 3.05) is 16.5 Å². The van der Waals surface area contributed by atoms with Crippen molar-refractivity contribution >= 4 is 29.0 Å². The van der Waals surface area contributed by atoms with Gasteiger partial charge < -0.3 is 10.4 Å². The van der Waals surface area contributed by atoms with Crippen molar-refractivity contribution in [3.05, 3.63) is 64.3 Å². The van der Waals surface area contributed by atoms with E-state index < -0.39 is 36.5 Å². The molecule has 2 atom stereocenters. The summed E-state index contributed by atoms with van der Waals surface area (Å²) in [5.41, 5.74) is 0.500. The Labute approximate surface area is 203 Å². The molecule has 0 radical (unpaired) electrons. The van der Waals surface area contributed by atoms with Crippen molar-refractivity contribution in [2.24, 2.45) is 0 Å². The zero-order valence-electron chi connectivity index (χ0n) is 19.2. The van der Waals surface area contributed by atoms with Crippen LogP contribution < -0.4 is 15.9 Å². The average molecular weight is 508 g/mol. The molecule has 0 saturated carbocycles. The van der Waals surface area contributed by atoms with E-state index in [-0.39, 0.29) is 23.7 Å². The zero-order valence-corrected chi connectivity index (χ0v) is 20.0. The van der Waals surface area contributed by atoms with Crippen molar-refractivity contribution in [3.8, 4) is 5.69 Å². The van der Waals surface area contributed by atoms with Crippen LogP contribution in [0.4, 0.5) is 24.5 Å². The number of aliphatic hydroxyl groups excluding tert-OH is 1. The van der Waals surface area contributed by atoms with Crippen molar-refractivity contribution in [1.29, 1.82) is 0 Å². The third kappa shape index (κ3) is 4.31. The van der Waals surface area contributed by atoms with Gasteiger partial charge in [-0.25, -0.2) is 4.79 Å². The fourth-order valence-electron chi connectivity index (χ4n) is 4.15. The minimum Gasteiger partial charge on any atom is -0.388 e. The van der Waals surface area contributed by atoms with Crippen LogP contribution in [0.2, 0.25) is 0 Å². The number of alkyl halides is 3. The predicted molar refractivity (Wildman–Crippen MR) is 127 cm³/mol. The Balaban J connectivity index is 1.88. The molecule has 1 aromatic heterocycles. The largest absolute Gasteiger partial charge is 0.408 e. The number of hydrogen-bond donors (Lipinski definition) is 2. The Morgan fingerprint density at radius 1 is 1.20 bits per heavy atom. The van der Waals surface area contributed by atoms with Crippen LogP contribution in [0.1, 0.15) is 31.3 Å². The highest BCUT2D eigenvalue weighted by Crippen LogP contribution is 2.43. The third-order valence-electron chi connectivity index (χ3n) is 5.98. The smallest absolute Gasteiger partial charge is 0.388 e. The standard InChI is InChI=1S/C23H24F3N5O3S/c1-4-29-19(12-32)28-31(22(29)34)14-9-10-16-17(11-14)30(13(2)23(24,25)26)21(33)20(27-16)15-7-5-6-8-18(15)35-3/h5-11,13,20,27,32H,4,12H2,1-3H3. The lowest BCUT2D eigenvalue weighted by Gasteiger charge is -2.40. The van der Waals surface area contributed by atoms with Crippen molar-refractivity contribution in [3.63, 3.8) is 0 Å². The summed E-state index contributed by atoms with van der Waals surface area (Å²) in [7, 11) is 0. The molecule has 0 fully saturated rings. The molecule has 3 aromatic rings. The number of halogens is 3. The summed E-state index contributed by atoms with van der Waals surface area (Å²) in [6.45, 7) is 2.42. The van der Waals surface area contributed by atoms with Crippen LogP contribution in [-0.4, -0.2) is 43.8 Å². The number of carbonyl (C=O) groups is 1. The van der Waals surface area contributed by atoms with Crippen LogP contribution in [0.5, 0.6) is 0 Å². The van der Waals surface area contributed by atoms with Gasteiger partial charge in [0, 0.05) is 11.4 Å². The van der Waals surface area contributed by atoms with E-state index in [1.807, 2.05) is 6.26 Å². The van der Waals surface area contributed by atoms with Crippen LogP contribution in [0.3, 0.4) is 0 Å². The van der Waals surface area contributed by atoms with Gasteiger partial charge in [-0.1, -0.05) is 18.2 Å². The third-order valence-corrected chi connectivity index (χ3v) is 6.79. The normalized spacial score (nSPS) is 16.7. The molecule has 2 heterocycles. The lowest BCUT2D eigenvalue weighted by atomic mass is 9.99. The van der Waals surface area contributed by atoms with Crippen molar-refractivity contribution < 1.29 is 23.1 Å². The van der Waals surface area contributed by atoms with E-state index in [9.17, 15) is 27.9 Å². The van der Waals surface area contributed by atoms with Gasteiger partial charge in [0.1, 0.15) is 18.7 Å². The number of nitrogens with one attached hydrogen (secondary N) is 1. The SMILES string of the molecule is CCn1c(CO)nn(-c2ccc3c(c2)N(C(C)C(F)(F)F)C(=O)C(c2ccccc2SC)N3)c1=O. The fourth-order valence-corrected chi connectivity index (χ4v) is 4.79. The number of hydrogen-bond acceptors (Lipinski definition) is 6. The number of aromatic nitrogens is 3. The summed E-state index contributed by atoms with van der Waals surface area (Å²) in [6, 6.07) is 8.29. The first-order valence-corrected chi connectivity index (χ1v) is 12.1. The maximum absolute atomic E-state index is 13.9. The van der Waals surface area contributed by atoms with Gasteiger partial charge in [-0.05, 0) is 49.9 Å². The zero-order chi connectivity index (χ0) is 25.5. The monoisotopic (exact) mass is 507 g/mol. The summed E-state index contributed by atoms with van der Waals surface area (Å²) in [4.78, 5) is 27.8. The first-order valence-electron chi connectivity index (χ1n) is 10.9. The van der Waals surface area contributed by atoms with Crippen LogP contribution >= 0.6 is 11.8 Å². The molecule has 0 saturated heterocycles. The number of nitrogens with zero attached hydrogens (tertiary/aromatic N) is 4. The topological polar surface area (TPSA) is 92.4 Å². The number of fused-ring (bicyclic) bond motifs is 1. The van der Waals surface area contributed by atoms with Gasteiger partial charge >= 0.3 is 11.9 Å². The highest BCUT2D eigenvalue weighted by Gasteiger charge is 2.47. The summed E-state index contributed by atoms with van der Waals surface area (Å²) in [5, 5.41) is 16.7. The molecule has 1 aliphatic heterocycles. The lowest BCUT2D eigenvalue weighted by molar-refractivity contribution is -0.151. The second kappa shape index (κ2) is 9.42. The molecule has 1 amide bonds. The molecular weight excluding hydrogens is 483 g/mol. The molecule has 4 rings (SSSR count). The Morgan fingerprint density at radius 3 is 2.51 bits per heavy atom. The van der Waals surface area contributed by atoms with E-state index in [1.54, 1.807) is 31.2 Å². The Morgan fingerprint density at radius 2 is 1.91 bits per heavy atom. The van der Waals surface area contributed by atoms with Crippen molar-refractivity contribution in [1.82, 2.24) is 14.3 Å². The summed E-state index contributed by atoms with van der Waals surface area (Å²) < 4.78 is 43.9. The van der Waals surface area contributed by atoms with E-state index in [1.165, 1.54) is 34.5 Å². The summed E-state index contributed by atoms with van der Waals surface area (Å²) in [5.74, 6) is -0.637. The van der Waals surface area contributed by atoms with E-state index in [4.69, 9.17) is 0 Å². The van der Waals surface area contributed by atoms with E-state index in [0.717, 1.165) is 21.4 Å². The van der Waals surface area contributed by atoms with E-state index >= 15 is 0 Å². The molecule has 12 heteroatoms. The molecule has 0 bridgehead atoms. The minimum absolute atomic E-state index is 0.0151. The highest BCUT2D eigenvalue weighted by atomic mass is 32.2. The van der Waals surface area contributed by atoms with Crippen molar-refractivity contribution in [2.45, 2.75) is 50.2 Å². The number of aliphatic hydroxyl groups is 1. The number of rotatable bonds is 6. The average Bonchev–Trinajstić information content (AvgIpc) is 3.17. The number of benzene rings is 2. The van der Waals surface area contributed by atoms with E-state index in [2.05, 4.69) is 10.4 Å². The maximum Gasteiger partial charge on any atom is 0.408 e. The van der Waals surface area contributed by atoms with Gasteiger partial charge in [-0.15, -0.1) is 16.9 Å². The molecule has 2 unspecified atom stereocenters. The maximum atomic E-state index is 13.9. The van der Waals surface area contributed by atoms with Gasteiger partial charge in [0.05, 0.1) is 17.1 Å². The summed E-state index contributed by atoms with van der Waals surface area (Å²) in [6.07, 6.45) is -2.86. The predicted octanol–water partition coefficient (Wildman–Crippen LogP) is 3.72. The van der Waals surface area contributed by atoms with Gasteiger partial charge in [0.2, 0.25) is 0 Å². The molecule has 8 nitrogen and oxygen atoms in total. The Kier molecular flexibility index (Phi) is 6.69. The molecule has 186 valence electrons. The van der Waals surface area contributed by atoms with Gasteiger partial charge in [0.15, 0.2) is 5.82 Å². The fraction of sp³-hybridized carbons (Fsp3) is 0.348. The quantitative estimate of drug-likeness (QED) is 0.494. The van der Waals surface area contributed by atoms with Gasteiger partial charge in [-0.2, -0.15) is 17.9 Å². The number of carbonyl (C=O) groups excluding carboxylic acids is 1. The Hall–Kier alpha value is -3.25. The van der Waals surface area contributed by atoms with Crippen LogP contribution in [-0.2, 0) is 17.9 Å². The number of thioether (sulfide) groups is 1. The molecule has 0 aliphatic carbocycles. The Bertz CT molecular complexity index is 1320. The molecule has 2 N–H and O–H groups in total.